The molecule has 13 aromatic rings. The number of anilines is 5. The van der Waals surface area contributed by atoms with Crippen LogP contribution in [0.25, 0.3) is 92.9 Å². The standard InChI is InChI=1S/C70H56N4/c1-6-44(2)18-17-43-71(50-37-31-45(3)32-38-50)57-27-15-29-59-63(57)53-23-13-25-55-65-62(49-21-11-8-12-22-49)70-66(61(48-19-9-7-10-20-48)69(65)73(59)67(53)55)56-26-14-24-54-64-58(28-16-30-60(64)74(70)68(54)56)72(51-39-33-46(4)34-40-51)52-41-35-47(5)36-42-52/h6-9,11-19,21-42H,10,20,43H2,1-5H3/b18-17-,44-6-. The van der Waals surface area contributed by atoms with Crippen LogP contribution in [0.1, 0.15) is 48.9 Å². The van der Waals surface area contributed by atoms with Gasteiger partial charge in [-0.15, -0.1) is 0 Å². The summed E-state index contributed by atoms with van der Waals surface area (Å²) in [6.45, 7) is 11.5. The Hall–Kier alpha value is -8.86. The van der Waals surface area contributed by atoms with Gasteiger partial charge in [0.2, 0.25) is 0 Å². The first-order valence-electron chi connectivity index (χ1n) is 26.2. The highest BCUT2D eigenvalue weighted by molar-refractivity contribution is 6.37. The third-order valence-corrected chi connectivity index (χ3v) is 16.0. The van der Waals surface area contributed by atoms with Gasteiger partial charge in [-0.2, -0.15) is 0 Å². The number of aryl methyl sites for hydroxylation is 3. The van der Waals surface area contributed by atoms with E-state index < -0.39 is 0 Å². The van der Waals surface area contributed by atoms with Crippen LogP contribution in [0, 0.1) is 20.8 Å². The van der Waals surface area contributed by atoms with Crippen molar-refractivity contribution in [2.75, 3.05) is 16.3 Å². The molecule has 356 valence electrons. The Morgan fingerprint density at radius 1 is 0.500 bits per heavy atom. The van der Waals surface area contributed by atoms with E-state index in [1.165, 1.54) is 132 Å². The number of allylic oxidation sites excluding steroid dienone is 7. The number of hydrogen-bond acceptors (Lipinski definition) is 2. The van der Waals surface area contributed by atoms with Crippen molar-refractivity contribution in [3.8, 4) is 11.1 Å². The lowest BCUT2D eigenvalue weighted by Gasteiger charge is -2.27. The molecule has 74 heavy (non-hydrogen) atoms. The molecule has 0 N–H and O–H groups in total. The molecule has 0 fully saturated rings. The largest absolute Gasteiger partial charge is 0.337 e. The average Bonchev–Trinajstić information content (AvgIpc) is 4.29. The van der Waals surface area contributed by atoms with E-state index in [1.54, 1.807) is 0 Å². The SMILES string of the molecule is C/C=C(C)\C=C/CN(c1ccc(C)cc1)c1cccc2c1c1cccc3c4c(-c5ccccc5)c5c(c(C6=CC=CCC6)c4n2c13)c1cccc2c3c(N(c4ccc(C)cc4)c4ccc(C)cc4)cccc3n5c21. The Kier molecular flexibility index (Phi) is 10.2. The number of aromatic nitrogens is 2. The highest BCUT2D eigenvalue weighted by Gasteiger charge is 2.32. The number of fused-ring (bicyclic) bond motifs is 12. The molecule has 4 heterocycles. The van der Waals surface area contributed by atoms with Crippen molar-refractivity contribution >= 4 is 110 Å². The molecule has 0 aliphatic heterocycles. The number of rotatable bonds is 10. The molecule has 0 atom stereocenters. The summed E-state index contributed by atoms with van der Waals surface area (Å²) in [7, 11) is 0. The molecule has 0 saturated heterocycles. The maximum absolute atomic E-state index is 2.66. The van der Waals surface area contributed by atoms with E-state index in [2.05, 4.69) is 266 Å². The summed E-state index contributed by atoms with van der Waals surface area (Å²) in [6.07, 6.45) is 15.7. The van der Waals surface area contributed by atoms with Crippen molar-refractivity contribution in [3.05, 3.63) is 240 Å². The van der Waals surface area contributed by atoms with Crippen LogP contribution in [-0.2, 0) is 0 Å². The molecule has 0 unspecified atom stereocenters. The number of nitrogens with zero attached hydrogens (tertiary/aromatic N) is 4. The summed E-state index contributed by atoms with van der Waals surface area (Å²) in [4.78, 5) is 4.96. The van der Waals surface area contributed by atoms with E-state index in [9.17, 15) is 0 Å². The summed E-state index contributed by atoms with van der Waals surface area (Å²) in [5, 5.41) is 10.2. The molecule has 4 nitrogen and oxygen atoms in total. The van der Waals surface area contributed by atoms with Crippen LogP contribution < -0.4 is 9.80 Å². The molecular formula is C70H56N4. The second-order valence-corrected chi connectivity index (χ2v) is 20.5. The fourth-order valence-corrected chi connectivity index (χ4v) is 12.5. The highest BCUT2D eigenvalue weighted by atomic mass is 15.1. The highest BCUT2D eigenvalue weighted by Crippen LogP contribution is 2.55. The second-order valence-electron chi connectivity index (χ2n) is 20.5. The smallest absolute Gasteiger partial charge is 0.0633 e. The van der Waals surface area contributed by atoms with Crippen LogP contribution in [0.2, 0.25) is 0 Å². The summed E-state index contributed by atoms with van der Waals surface area (Å²) in [6, 6.07) is 66.3. The van der Waals surface area contributed by atoms with E-state index >= 15 is 0 Å². The molecule has 4 heteroatoms. The first kappa shape index (κ1) is 43.9. The van der Waals surface area contributed by atoms with Gasteiger partial charge < -0.3 is 18.6 Å². The summed E-state index contributed by atoms with van der Waals surface area (Å²) >= 11 is 0. The zero-order valence-corrected chi connectivity index (χ0v) is 42.6. The van der Waals surface area contributed by atoms with Crippen molar-refractivity contribution in [1.29, 1.82) is 0 Å². The molecule has 1 aliphatic rings. The molecule has 0 bridgehead atoms. The van der Waals surface area contributed by atoms with Gasteiger partial charge in [0, 0.05) is 77.8 Å². The average molecular weight is 953 g/mol. The fraction of sp³-hybridized carbons (Fsp3) is 0.114. The van der Waals surface area contributed by atoms with E-state index in [1.807, 2.05) is 0 Å². The van der Waals surface area contributed by atoms with Crippen LogP contribution in [0.5, 0.6) is 0 Å². The maximum atomic E-state index is 2.66. The third kappa shape index (κ3) is 6.54. The number of hydrogen-bond donors (Lipinski definition) is 0. The molecule has 9 aromatic carbocycles. The van der Waals surface area contributed by atoms with Gasteiger partial charge in [-0.05, 0) is 119 Å². The van der Waals surface area contributed by atoms with Crippen molar-refractivity contribution in [2.45, 2.75) is 47.5 Å². The molecule has 1 aliphatic carbocycles. The van der Waals surface area contributed by atoms with Gasteiger partial charge in [0.1, 0.15) is 0 Å². The third-order valence-electron chi connectivity index (χ3n) is 16.0. The lowest BCUT2D eigenvalue weighted by atomic mass is 9.87. The van der Waals surface area contributed by atoms with Crippen LogP contribution in [-0.4, -0.2) is 15.3 Å². The molecule has 0 saturated carbocycles. The van der Waals surface area contributed by atoms with Gasteiger partial charge in [0.25, 0.3) is 0 Å². The lowest BCUT2D eigenvalue weighted by Crippen LogP contribution is -2.17. The normalized spacial score (nSPS) is 13.5. The first-order valence-corrected chi connectivity index (χ1v) is 26.2. The Bertz CT molecular complexity index is 4420. The van der Waals surface area contributed by atoms with Gasteiger partial charge in [-0.25, -0.2) is 0 Å². The number of para-hydroxylation sites is 2. The van der Waals surface area contributed by atoms with Crippen LogP contribution >= 0.6 is 0 Å². The van der Waals surface area contributed by atoms with E-state index in [-0.39, 0.29) is 0 Å². The zero-order valence-electron chi connectivity index (χ0n) is 42.6. The molecule has 14 rings (SSSR count). The Morgan fingerprint density at radius 2 is 1.00 bits per heavy atom. The second kappa shape index (κ2) is 17.1. The molecule has 0 spiro atoms. The van der Waals surface area contributed by atoms with E-state index in [0.29, 0.717) is 0 Å². The van der Waals surface area contributed by atoms with Crippen LogP contribution in [0.4, 0.5) is 28.4 Å². The predicted octanol–water partition coefficient (Wildman–Crippen LogP) is 19.4. The van der Waals surface area contributed by atoms with Crippen molar-refractivity contribution in [1.82, 2.24) is 8.80 Å². The van der Waals surface area contributed by atoms with E-state index in [4.69, 9.17) is 0 Å². The van der Waals surface area contributed by atoms with Gasteiger partial charge in [-0.3, -0.25) is 0 Å². The maximum Gasteiger partial charge on any atom is 0.0633 e. The Balaban J connectivity index is 1.15. The minimum absolute atomic E-state index is 0.735. The van der Waals surface area contributed by atoms with Crippen molar-refractivity contribution in [2.24, 2.45) is 0 Å². The summed E-state index contributed by atoms with van der Waals surface area (Å²) in [5.74, 6) is 0. The van der Waals surface area contributed by atoms with Gasteiger partial charge in [0.05, 0.1) is 44.5 Å². The molecule has 4 aromatic heterocycles. The van der Waals surface area contributed by atoms with Gasteiger partial charge in [-0.1, -0.05) is 174 Å². The van der Waals surface area contributed by atoms with E-state index in [0.717, 1.165) is 36.4 Å². The topological polar surface area (TPSA) is 15.3 Å². The van der Waals surface area contributed by atoms with Crippen LogP contribution in [0.3, 0.4) is 0 Å². The predicted molar refractivity (Wildman–Crippen MR) is 318 cm³/mol. The van der Waals surface area contributed by atoms with Crippen molar-refractivity contribution < 1.29 is 0 Å². The minimum atomic E-state index is 0.735. The zero-order chi connectivity index (χ0) is 49.8. The molecule has 0 radical (unpaired) electrons. The van der Waals surface area contributed by atoms with Crippen LogP contribution in [0.15, 0.2) is 218 Å². The van der Waals surface area contributed by atoms with Crippen molar-refractivity contribution in [3.63, 3.8) is 0 Å². The Morgan fingerprint density at radius 3 is 1.55 bits per heavy atom. The van der Waals surface area contributed by atoms with Gasteiger partial charge >= 0.3 is 0 Å². The molecule has 0 amide bonds. The lowest BCUT2D eigenvalue weighted by molar-refractivity contribution is 1.06. The Labute approximate surface area is 432 Å². The minimum Gasteiger partial charge on any atom is -0.337 e. The number of benzene rings is 9. The molecular weight excluding hydrogens is 897 g/mol. The van der Waals surface area contributed by atoms with Gasteiger partial charge in [0.15, 0.2) is 0 Å². The first-order chi connectivity index (χ1) is 36.4. The summed E-state index contributed by atoms with van der Waals surface area (Å²) in [5.41, 5.74) is 23.5. The fourth-order valence-electron chi connectivity index (χ4n) is 12.5. The quantitative estimate of drug-likeness (QED) is 0.127. The summed E-state index contributed by atoms with van der Waals surface area (Å²) < 4.78 is 5.32. The monoisotopic (exact) mass is 952 g/mol.